The molecular weight excluding hydrogens is 348 g/mol. The lowest BCUT2D eigenvalue weighted by molar-refractivity contribution is 0.0921. The summed E-state index contributed by atoms with van der Waals surface area (Å²) >= 11 is 5.93. The molecule has 0 aliphatic heterocycles. The molecule has 0 aliphatic carbocycles. The molecule has 2 aromatic carbocycles. The van der Waals surface area contributed by atoms with Crippen LogP contribution in [0.25, 0.3) is 0 Å². The van der Waals surface area contributed by atoms with Gasteiger partial charge >= 0.3 is 0 Å². The van der Waals surface area contributed by atoms with Crippen molar-refractivity contribution >= 4 is 29.4 Å². The Kier molecular flexibility index (Phi) is 6.81. The van der Waals surface area contributed by atoms with Crippen molar-refractivity contribution in [3.8, 4) is 5.75 Å². The summed E-state index contributed by atoms with van der Waals surface area (Å²) in [5.41, 5.74) is 3.35. The first-order valence-corrected chi connectivity index (χ1v) is 8.94. The molecule has 0 amide bonds. The standard InChI is InChI=1S/C21H25ClN2O2/c1-14(2)24(5)13-23-20-10-15(3)19(9-16(20)4)21(25)12-26-18-8-6-7-17(22)11-18/h6-11,13-14H,12H2,1-5H3/b23-13-. The number of halogens is 1. The van der Waals surface area contributed by atoms with E-state index >= 15 is 0 Å². The number of aliphatic imine (C=N–C) groups is 1. The molecule has 0 spiro atoms. The zero-order valence-electron chi connectivity index (χ0n) is 15.9. The Morgan fingerprint density at radius 3 is 2.62 bits per heavy atom. The fourth-order valence-corrected chi connectivity index (χ4v) is 2.49. The van der Waals surface area contributed by atoms with Gasteiger partial charge in [0.2, 0.25) is 0 Å². The largest absolute Gasteiger partial charge is 0.485 e. The topological polar surface area (TPSA) is 41.9 Å². The predicted octanol–water partition coefficient (Wildman–Crippen LogP) is 5.22. The summed E-state index contributed by atoms with van der Waals surface area (Å²) in [7, 11) is 1.99. The number of benzene rings is 2. The molecular formula is C21H25ClN2O2. The first-order chi connectivity index (χ1) is 12.3. The monoisotopic (exact) mass is 372 g/mol. The third-order valence-corrected chi connectivity index (χ3v) is 4.44. The Labute approximate surface area is 160 Å². The van der Waals surface area contributed by atoms with Crippen LogP contribution in [-0.2, 0) is 0 Å². The molecule has 0 bridgehead atoms. The molecule has 0 heterocycles. The molecule has 0 fully saturated rings. The number of ketones is 1. The molecule has 0 saturated heterocycles. The van der Waals surface area contributed by atoms with Crippen LogP contribution in [0.2, 0.25) is 5.02 Å². The van der Waals surface area contributed by atoms with E-state index in [1.807, 2.05) is 44.3 Å². The van der Waals surface area contributed by atoms with E-state index in [1.165, 1.54) is 0 Å². The fraction of sp³-hybridized carbons (Fsp3) is 0.333. The Morgan fingerprint density at radius 1 is 1.23 bits per heavy atom. The molecule has 0 aliphatic rings. The van der Waals surface area contributed by atoms with Gasteiger partial charge in [0, 0.05) is 23.7 Å². The molecule has 0 atom stereocenters. The van der Waals surface area contributed by atoms with Gasteiger partial charge in [-0.2, -0.15) is 0 Å². The number of carbonyl (C=O) groups excluding carboxylic acids is 1. The van der Waals surface area contributed by atoms with Gasteiger partial charge in [0.05, 0.1) is 12.0 Å². The number of nitrogens with zero attached hydrogens (tertiary/aromatic N) is 2. The first-order valence-electron chi connectivity index (χ1n) is 8.57. The maximum Gasteiger partial charge on any atom is 0.200 e. The van der Waals surface area contributed by atoms with Crippen LogP contribution < -0.4 is 4.74 Å². The van der Waals surface area contributed by atoms with E-state index < -0.39 is 0 Å². The second kappa shape index (κ2) is 8.86. The number of carbonyl (C=O) groups is 1. The number of hydrogen-bond donors (Lipinski definition) is 0. The summed E-state index contributed by atoms with van der Waals surface area (Å²) in [4.78, 5) is 19.1. The molecule has 26 heavy (non-hydrogen) atoms. The second-order valence-electron chi connectivity index (χ2n) is 6.63. The van der Waals surface area contributed by atoms with Crippen LogP contribution in [0.5, 0.6) is 5.75 Å². The zero-order chi connectivity index (χ0) is 19.3. The van der Waals surface area contributed by atoms with Gasteiger partial charge in [-0.05, 0) is 69.2 Å². The third kappa shape index (κ3) is 5.33. The maximum atomic E-state index is 12.5. The third-order valence-electron chi connectivity index (χ3n) is 4.20. The van der Waals surface area contributed by atoms with Gasteiger partial charge in [0.25, 0.3) is 0 Å². The molecule has 0 N–H and O–H groups in total. The number of Topliss-reactive ketones (excluding diaryl/α,β-unsaturated/α-hetero) is 1. The van der Waals surface area contributed by atoms with Gasteiger partial charge in [-0.15, -0.1) is 0 Å². The highest BCUT2D eigenvalue weighted by atomic mass is 35.5. The van der Waals surface area contributed by atoms with Crippen molar-refractivity contribution < 1.29 is 9.53 Å². The highest BCUT2D eigenvalue weighted by molar-refractivity contribution is 6.30. The summed E-state index contributed by atoms with van der Waals surface area (Å²) in [6.07, 6.45) is 1.82. The van der Waals surface area contributed by atoms with Crippen molar-refractivity contribution in [2.24, 2.45) is 4.99 Å². The average Bonchev–Trinajstić information content (AvgIpc) is 2.59. The van der Waals surface area contributed by atoms with E-state index in [1.54, 1.807) is 24.3 Å². The van der Waals surface area contributed by atoms with Crippen LogP contribution in [0.1, 0.15) is 35.3 Å². The van der Waals surface area contributed by atoms with Crippen molar-refractivity contribution in [1.29, 1.82) is 0 Å². The molecule has 0 unspecified atom stereocenters. The van der Waals surface area contributed by atoms with Crippen molar-refractivity contribution in [3.63, 3.8) is 0 Å². The van der Waals surface area contributed by atoms with Crippen LogP contribution in [0, 0.1) is 13.8 Å². The van der Waals surface area contributed by atoms with Gasteiger partial charge in [-0.25, -0.2) is 4.99 Å². The Hall–Kier alpha value is -2.33. The SMILES string of the molecule is Cc1cc(C(=O)COc2cccc(Cl)c2)c(C)cc1/N=C\N(C)C(C)C. The van der Waals surface area contributed by atoms with Crippen LogP contribution in [-0.4, -0.2) is 36.7 Å². The number of rotatable bonds is 7. The highest BCUT2D eigenvalue weighted by Crippen LogP contribution is 2.24. The Balaban J connectivity index is 2.12. The molecule has 138 valence electrons. The Morgan fingerprint density at radius 2 is 1.96 bits per heavy atom. The highest BCUT2D eigenvalue weighted by Gasteiger charge is 2.13. The average molecular weight is 373 g/mol. The number of hydrogen-bond acceptors (Lipinski definition) is 3. The molecule has 2 aromatic rings. The quantitative estimate of drug-likeness (QED) is 0.380. The van der Waals surface area contributed by atoms with Crippen LogP contribution >= 0.6 is 11.6 Å². The van der Waals surface area contributed by atoms with Gasteiger partial charge in [0.15, 0.2) is 12.4 Å². The minimum atomic E-state index is -0.0691. The molecule has 4 nitrogen and oxygen atoms in total. The van der Waals surface area contributed by atoms with Crippen LogP contribution in [0.4, 0.5) is 5.69 Å². The van der Waals surface area contributed by atoms with Crippen molar-refractivity contribution in [2.75, 3.05) is 13.7 Å². The minimum absolute atomic E-state index is 0.0284. The second-order valence-corrected chi connectivity index (χ2v) is 7.06. The van der Waals surface area contributed by atoms with E-state index in [0.717, 1.165) is 16.8 Å². The molecule has 5 heteroatoms. The van der Waals surface area contributed by atoms with Gasteiger partial charge in [-0.1, -0.05) is 17.7 Å². The van der Waals surface area contributed by atoms with E-state index in [2.05, 4.69) is 18.8 Å². The lowest BCUT2D eigenvalue weighted by Gasteiger charge is -2.17. The lowest BCUT2D eigenvalue weighted by atomic mass is 10.0. The van der Waals surface area contributed by atoms with Gasteiger partial charge < -0.3 is 9.64 Å². The molecule has 0 saturated carbocycles. The number of aryl methyl sites for hydroxylation is 2. The molecule has 0 radical (unpaired) electrons. The van der Waals surface area contributed by atoms with E-state index in [-0.39, 0.29) is 12.4 Å². The summed E-state index contributed by atoms with van der Waals surface area (Å²) in [6.45, 7) is 8.05. The number of ether oxygens (including phenoxy) is 1. The Bertz CT molecular complexity index is 816. The van der Waals surface area contributed by atoms with Gasteiger partial charge in [-0.3, -0.25) is 4.79 Å². The summed E-state index contributed by atoms with van der Waals surface area (Å²) in [5, 5.41) is 0.579. The summed E-state index contributed by atoms with van der Waals surface area (Å²) < 4.78 is 5.56. The molecule has 2 rings (SSSR count). The van der Waals surface area contributed by atoms with E-state index in [4.69, 9.17) is 16.3 Å². The summed E-state index contributed by atoms with van der Waals surface area (Å²) in [5.74, 6) is 0.513. The molecule has 0 aromatic heterocycles. The smallest absolute Gasteiger partial charge is 0.200 e. The van der Waals surface area contributed by atoms with Crippen molar-refractivity contribution in [2.45, 2.75) is 33.7 Å². The van der Waals surface area contributed by atoms with Crippen molar-refractivity contribution in [1.82, 2.24) is 4.90 Å². The maximum absolute atomic E-state index is 12.5. The van der Waals surface area contributed by atoms with Gasteiger partial charge in [0.1, 0.15) is 5.75 Å². The minimum Gasteiger partial charge on any atom is -0.485 e. The van der Waals surface area contributed by atoms with E-state index in [0.29, 0.717) is 22.4 Å². The fourth-order valence-electron chi connectivity index (χ4n) is 2.31. The summed E-state index contributed by atoms with van der Waals surface area (Å²) in [6, 6.07) is 11.2. The predicted molar refractivity (Wildman–Crippen MR) is 108 cm³/mol. The zero-order valence-corrected chi connectivity index (χ0v) is 16.7. The van der Waals surface area contributed by atoms with E-state index in [9.17, 15) is 4.79 Å². The first kappa shape index (κ1) is 20.0. The van der Waals surface area contributed by atoms with Crippen LogP contribution in [0.3, 0.4) is 0 Å². The van der Waals surface area contributed by atoms with Crippen molar-refractivity contribution in [3.05, 3.63) is 58.1 Å². The normalized spacial score (nSPS) is 11.2. The lowest BCUT2D eigenvalue weighted by Crippen LogP contribution is -2.24. The van der Waals surface area contributed by atoms with Crippen LogP contribution in [0.15, 0.2) is 41.4 Å².